The van der Waals surface area contributed by atoms with Gasteiger partial charge >= 0.3 is 0 Å². The van der Waals surface area contributed by atoms with Crippen LogP contribution in [0, 0.1) is 0 Å². The molecule has 5 heteroatoms. The van der Waals surface area contributed by atoms with Crippen LogP contribution in [0.5, 0.6) is 0 Å². The lowest BCUT2D eigenvalue weighted by molar-refractivity contribution is -0.120. The minimum Gasteiger partial charge on any atom is -0.361 e. The SMILES string of the molecule is O=C(Cc1c[nH]c2ccccc12)Nc1ccc2c(c1)C1(CCCC1)C(=O)N2. The summed E-state index contributed by atoms with van der Waals surface area (Å²) in [5.74, 6) is 0.0507. The smallest absolute Gasteiger partial charge is 0.235 e. The fourth-order valence-corrected chi connectivity index (χ4v) is 4.62. The van der Waals surface area contributed by atoms with Crippen LogP contribution in [0.25, 0.3) is 10.9 Å². The van der Waals surface area contributed by atoms with E-state index in [1.54, 1.807) is 0 Å². The van der Waals surface area contributed by atoms with Crippen LogP contribution < -0.4 is 10.6 Å². The van der Waals surface area contributed by atoms with E-state index in [0.717, 1.165) is 59.1 Å². The molecule has 2 aliphatic rings. The molecular formula is C22H21N3O2. The molecule has 1 spiro atoms. The number of benzene rings is 2. The van der Waals surface area contributed by atoms with Crippen LogP contribution in [-0.4, -0.2) is 16.8 Å². The van der Waals surface area contributed by atoms with Gasteiger partial charge in [0.05, 0.1) is 11.8 Å². The first-order valence-electron chi connectivity index (χ1n) is 9.47. The molecule has 3 aromatic rings. The monoisotopic (exact) mass is 359 g/mol. The predicted molar refractivity (Wildman–Crippen MR) is 106 cm³/mol. The molecule has 27 heavy (non-hydrogen) atoms. The number of hydrogen-bond donors (Lipinski definition) is 3. The topological polar surface area (TPSA) is 74.0 Å². The number of carbonyl (C=O) groups excluding carboxylic acids is 2. The number of amides is 2. The van der Waals surface area contributed by atoms with Crippen molar-refractivity contribution in [2.75, 3.05) is 10.6 Å². The van der Waals surface area contributed by atoms with Crippen molar-refractivity contribution in [3.8, 4) is 0 Å². The Kier molecular flexibility index (Phi) is 3.57. The second-order valence-corrected chi connectivity index (χ2v) is 7.59. The van der Waals surface area contributed by atoms with Gasteiger partial charge in [-0.25, -0.2) is 0 Å². The molecule has 0 unspecified atom stereocenters. The van der Waals surface area contributed by atoms with E-state index in [1.165, 1.54) is 0 Å². The molecule has 2 amide bonds. The summed E-state index contributed by atoms with van der Waals surface area (Å²) in [5.41, 5.74) is 4.29. The van der Waals surface area contributed by atoms with Gasteiger partial charge in [-0.1, -0.05) is 31.0 Å². The fourth-order valence-electron chi connectivity index (χ4n) is 4.62. The number of H-pyrrole nitrogens is 1. The number of hydrogen-bond acceptors (Lipinski definition) is 2. The maximum atomic E-state index is 12.6. The molecule has 0 radical (unpaired) electrons. The first kappa shape index (κ1) is 16.1. The molecular weight excluding hydrogens is 338 g/mol. The molecule has 1 aliphatic carbocycles. The zero-order valence-corrected chi connectivity index (χ0v) is 15.0. The highest BCUT2D eigenvalue weighted by Gasteiger charge is 2.48. The highest BCUT2D eigenvalue weighted by molar-refractivity contribution is 6.07. The number of aromatic amines is 1. The molecule has 1 fully saturated rings. The van der Waals surface area contributed by atoms with Gasteiger partial charge in [0.15, 0.2) is 0 Å². The molecule has 0 bridgehead atoms. The maximum Gasteiger partial charge on any atom is 0.235 e. The van der Waals surface area contributed by atoms with Gasteiger partial charge in [0.2, 0.25) is 11.8 Å². The number of rotatable bonds is 3. The van der Waals surface area contributed by atoms with E-state index in [9.17, 15) is 9.59 Å². The molecule has 0 saturated heterocycles. The summed E-state index contributed by atoms with van der Waals surface area (Å²) in [6.45, 7) is 0. The van der Waals surface area contributed by atoms with Gasteiger partial charge in [0.1, 0.15) is 0 Å². The Hall–Kier alpha value is -3.08. The summed E-state index contributed by atoms with van der Waals surface area (Å²) in [7, 11) is 0. The number of carbonyl (C=O) groups is 2. The standard InChI is InChI=1S/C22H21N3O2/c26-20(11-14-13-23-18-6-2-1-5-16(14)18)24-15-7-8-19-17(12-15)22(21(27)25-19)9-3-4-10-22/h1-2,5-8,12-13,23H,3-4,9-11H2,(H,24,26)(H,25,27). The van der Waals surface area contributed by atoms with Crippen molar-refractivity contribution >= 4 is 34.1 Å². The highest BCUT2D eigenvalue weighted by Crippen LogP contribution is 2.49. The summed E-state index contributed by atoms with van der Waals surface area (Å²) in [6.07, 6.45) is 6.12. The molecule has 2 aromatic carbocycles. The minimum absolute atomic E-state index is 0.0579. The molecule has 5 rings (SSSR count). The maximum absolute atomic E-state index is 12.6. The van der Waals surface area contributed by atoms with Crippen molar-refractivity contribution in [1.29, 1.82) is 0 Å². The molecule has 5 nitrogen and oxygen atoms in total. The van der Waals surface area contributed by atoms with Gasteiger partial charge in [-0.2, -0.15) is 0 Å². The number of para-hydroxylation sites is 1. The fraction of sp³-hybridized carbons (Fsp3) is 0.273. The van der Waals surface area contributed by atoms with Crippen LogP contribution in [0.1, 0.15) is 36.8 Å². The lowest BCUT2D eigenvalue weighted by atomic mass is 9.80. The van der Waals surface area contributed by atoms with Crippen molar-refractivity contribution in [3.05, 3.63) is 59.8 Å². The largest absolute Gasteiger partial charge is 0.361 e. The summed E-state index contributed by atoms with van der Waals surface area (Å²) < 4.78 is 0. The Morgan fingerprint density at radius 3 is 2.78 bits per heavy atom. The Bertz CT molecular complexity index is 1060. The number of fused-ring (bicyclic) bond motifs is 3. The van der Waals surface area contributed by atoms with E-state index in [4.69, 9.17) is 0 Å². The molecule has 1 saturated carbocycles. The molecule has 2 heterocycles. The number of nitrogens with one attached hydrogen (secondary N) is 3. The number of anilines is 2. The van der Waals surface area contributed by atoms with Crippen LogP contribution in [0.4, 0.5) is 11.4 Å². The second-order valence-electron chi connectivity index (χ2n) is 7.59. The quantitative estimate of drug-likeness (QED) is 0.658. The van der Waals surface area contributed by atoms with Crippen molar-refractivity contribution in [2.45, 2.75) is 37.5 Å². The molecule has 0 atom stereocenters. The lowest BCUT2D eigenvalue weighted by Crippen LogP contribution is -2.31. The third kappa shape index (κ3) is 2.53. The minimum atomic E-state index is -0.396. The number of aromatic nitrogens is 1. The normalized spacial score (nSPS) is 17.3. The predicted octanol–water partition coefficient (Wildman–Crippen LogP) is 4.11. The van der Waals surface area contributed by atoms with Crippen molar-refractivity contribution in [3.63, 3.8) is 0 Å². The average molecular weight is 359 g/mol. The van der Waals surface area contributed by atoms with E-state index in [0.29, 0.717) is 6.42 Å². The van der Waals surface area contributed by atoms with Gasteiger partial charge in [-0.15, -0.1) is 0 Å². The van der Waals surface area contributed by atoms with E-state index in [1.807, 2.05) is 48.7 Å². The van der Waals surface area contributed by atoms with E-state index in [2.05, 4.69) is 15.6 Å². The Morgan fingerprint density at radius 1 is 1.11 bits per heavy atom. The van der Waals surface area contributed by atoms with Gasteiger partial charge in [-0.05, 0) is 48.2 Å². The Morgan fingerprint density at radius 2 is 1.93 bits per heavy atom. The first-order chi connectivity index (χ1) is 13.2. The molecule has 136 valence electrons. The molecule has 1 aliphatic heterocycles. The zero-order valence-electron chi connectivity index (χ0n) is 15.0. The van der Waals surface area contributed by atoms with Crippen LogP contribution in [0.2, 0.25) is 0 Å². The van der Waals surface area contributed by atoms with Crippen molar-refractivity contribution < 1.29 is 9.59 Å². The van der Waals surface area contributed by atoms with Gasteiger partial charge < -0.3 is 15.6 Å². The molecule has 1 aromatic heterocycles. The third-order valence-corrected chi connectivity index (χ3v) is 5.98. The van der Waals surface area contributed by atoms with Crippen LogP contribution in [0.15, 0.2) is 48.7 Å². The zero-order chi connectivity index (χ0) is 18.4. The summed E-state index contributed by atoms with van der Waals surface area (Å²) >= 11 is 0. The second kappa shape index (κ2) is 5.98. The van der Waals surface area contributed by atoms with E-state index >= 15 is 0 Å². The lowest BCUT2D eigenvalue weighted by Gasteiger charge is -2.21. The highest BCUT2D eigenvalue weighted by atomic mass is 16.2. The van der Waals surface area contributed by atoms with E-state index < -0.39 is 5.41 Å². The van der Waals surface area contributed by atoms with Crippen molar-refractivity contribution in [2.24, 2.45) is 0 Å². The average Bonchev–Trinajstić information content (AvgIpc) is 3.37. The van der Waals surface area contributed by atoms with E-state index in [-0.39, 0.29) is 11.8 Å². The summed E-state index contributed by atoms with van der Waals surface area (Å²) in [4.78, 5) is 28.3. The van der Waals surface area contributed by atoms with Gasteiger partial charge in [0, 0.05) is 28.5 Å². The van der Waals surface area contributed by atoms with Crippen molar-refractivity contribution in [1.82, 2.24) is 4.98 Å². The Labute approximate surface area is 157 Å². The Balaban J connectivity index is 1.38. The molecule has 3 N–H and O–H groups in total. The first-order valence-corrected chi connectivity index (χ1v) is 9.47. The third-order valence-electron chi connectivity index (χ3n) is 5.98. The van der Waals surface area contributed by atoms with Crippen LogP contribution >= 0.6 is 0 Å². The summed E-state index contributed by atoms with van der Waals surface area (Å²) in [5, 5.41) is 7.09. The van der Waals surface area contributed by atoms with Gasteiger partial charge in [0.25, 0.3) is 0 Å². The van der Waals surface area contributed by atoms with Crippen LogP contribution in [-0.2, 0) is 21.4 Å². The van der Waals surface area contributed by atoms with Crippen LogP contribution in [0.3, 0.4) is 0 Å². The van der Waals surface area contributed by atoms with Gasteiger partial charge in [-0.3, -0.25) is 9.59 Å². The summed E-state index contributed by atoms with van der Waals surface area (Å²) in [6, 6.07) is 13.7.